The van der Waals surface area contributed by atoms with E-state index >= 15 is 0 Å². The molecule has 0 saturated heterocycles. The molecule has 0 atom stereocenters. The molecule has 72 valence electrons. The maximum atomic E-state index is 10.5. The standard InChI is InChI=1S/C10H9NO2S/c11-10(12)6-13-8-2-1-3-9-7(8)4-5-14-9/h1-5H,6H2,(H2,11,12). The fourth-order valence-corrected chi connectivity index (χ4v) is 2.04. The van der Waals surface area contributed by atoms with Crippen LogP contribution < -0.4 is 10.5 Å². The van der Waals surface area contributed by atoms with E-state index in [1.54, 1.807) is 11.3 Å². The number of amides is 1. The van der Waals surface area contributed by atoms with Gasteiger partial charge >= 0.3 is 0 Å². The van der Waals surface area contributed by atoms with Crippen LogP contribution in [0.15, 0.2) is 29.6 Å². The molecule has 3 nitrogen and oxygen atoms in total. The van der Waals surface area contributed by atoms with Crippen molar-refractivity contribution < 1.29 is 9.53 Å². The molecule has 1 aromatic carbocycles. The molecule has 2 N–H and O–H groups in total. The number of hydrogen-bond donors (Lipinski definition) is 1. The number of fused-ring (bicyclic) bond motifs is 1. The van der Waals surface area contributed by atoms with Gasteiger partial charge in [-0.3, -0.25) is 4.79 Å². The summed E-state index contributed by atoms with van der Waals surface area (Å²) in [7, 11) is 0. The van der Waals surface area contributed by atoms with Crippen molar-refractivity contribution in [3.63, 3.8) is 0 Å². The van der Waals surface area contributed by atoms with Crippen molar-refractivity contribution in [2.24, 2.45) is 5.73 Å². The van der Waals surface area contributed by atoms with Crippen molar-refractivity contribution in [1.82, 2.24) is 0 Å². The Morgan fingerprint density at radius 3 is 3.07 bits per heavy atom. The van der Waals surface area contributed by atoms with Gasteiger partial charge in [-0.05, 0) is 23.6 Å². The normalized spacial score (nSPS) is 10.3. The van der Waals surface area contributed by atoms with E-state index in [1.165, 1.54) is 0 Å². The summed E-state index contributed by atoms with van der Waals surface area (Å²) in [5.74, 6) is 0.250. The van der Waals surface area contributed by atoms with Crippen molar-refractivity contribution in [3.8, 4) is 5.75 Å². The predicted octanol–water partition coefficient (Wildman–Crippen LogP) is 1.77. The van der Waals surface area contributed by atoms with Gasteiger partial charge in [-0.1, -0.05) is 6.07 Å². The molecule has 0 fully saturated rings. The van der Waals surface area contributed by atoms with Crippen molar-refractivity contribution in [2.75, 3.05) is 6.61 Å². The summed E-state index contributed by atoms with van der Waals surface area (Å²) in [6.45, 7) is -0.0744. The lowest BCUT2D eigenvalue weighted by Gasteiger charge is -2.04. The molecule has 0 aliphatic carbocycles. The van der Waals surface area contributed by atoms with E-state index in [4.69, 9.17) is 10.5 Å². The zero-order chi connectivity index (χ0) is 9.97. The van der Waals surface area contributed by atoms with Crippen molar-refractivity contribution in [2.45, 2.75) is 0 Å². The van der Waals surface area contributed by atoms with Gasteiger partial charge in [0.25, 0.3) is 5.91 Å². The van der Waals surface area contributed by atoms with E-state index in [-0.39, 0.29) is 6.61 Å². The van der Waals surface area contributed by atoms with Crippen LogP contribution in [0, 0.1) is 0 Å². The van der Waals surface area contributed by atoms with Gasteiger partial charge in [-0.2, -0.15) is 0 Å². The van der Waals surface area contributed by atoms with Crippen LogP contribution in [0.5, 0.6) is 5.75 Å². The molecule has 0 spiro atoms. The summed E-state index contributed by atoms with van der Waals surface area (Å²) >= 11 is 1.64. The van der Waals surface area contributed by atoms with Crippen LogP contribution in [0.3, 0.4) is 0 Å². The van der Waals surface area contributed by atoms with Gasteiger partial charge in [0.05, 0.1) is 0 Å². The summed E-state index contributed by atoms with van der Waals surface area (Å²) in [5.41, 5.74) is 5.00. The molecule has 1 amide bonds. The van der Waals surface area contributed by atoms with E-state index in [0.29, 0.717) is 5.75 Å². The smallest absolute Gasteiger partial charge is 0.255 e. The minimum atomic E-state index is -0.461. The Bertz CT molecular complexity index is 464. The van der Waals surface area contributed by atoms with Gasteiger partial charge in [-0.15, -0.1) is 11.3 Å². The van der Waals surface area contributed by atoms with Gasteiger partial charge in [0.15, 0.2) is 6.61 Å². The van der Waals surface area contributed by atoms with Gasteiger partial charge in [-0.25, -0.2) is 0 Å². The molecular formula is C10H9NO2S. The lowest BCUT2D eigenvalue weighted by molar-refractivity contribution is -0.119. The third-order valence-corrected chi connectivity index (χ3v) is 2.71. The first-order valence-electron chi connectivity index (χ1n) is 4.15. The molecule has 0 unspecified atom stereocenters. The number of rotatable bonds is 3. The quantitative estimate of drug-likeness (QED) is 0.833. The number of nitrogens with two attached hydrogens (primary N) is 1. The van der Waals surface area contributed by atoms with Crippen LogP contribution in [0.4, 0.5) is 0 Å². The van der Waals surface area contributed by atoms with E-state index in [1.807, 2.05) is 29.6 Å². The maximum Gasteiger partial charge on any atom is 0.255 e. The summed E-state index contributed by atoms with van der Waals surface area (Å²) in [4.78, 5) is 10.5. The predicted molar refractivity (Wildman–Crippen MR) is 56.5 cm³/mol. The van der Waals surface area contributed by atoms with Crippen LogP contribution in [0.2, 0.25) is 0 Å². The molecule has 14 heavy (non-hydrogen) atoms. The molecule has 4 heteroatoms. The lowest BCUT2D eigenvalue weighted by Crippen LogP contribution is -2.20. The van der Waals surface area contributed by atoms with Crippen molar-refractivity contribution >= 4 is 27.3 Å². The molecule has 1 aromatic heterocycles. The molecular weight excluding hydrogens is 198 g/mol. The minimum absolute atomic E-state index is 0.0744. The largest absolute Gasteiger partial charge is 0.483 e. The fourth-order valence-electron chi connectivity index (χ4n) is 1.24. The summed E-state index contributed by atoms with van der Waals surface area (Å²) in [6.07, 6.45) is 0. The molecule has 0 radical (unpaired) electrons. The number of carbonyl (C=O) groups excluding carboxylic acids is 1. The number of benzene rings is 1. The second-order valence-corrected chi connectivity index (χ2v) is 3.79. The fraction of sp³-hybridized carbons (Fsp3) is 0.100. The molecule has 0 aliphatic heterocycles. The monoisotopic (exact) mass is 207 g/mol. The highest BCUT2D eigenvalue weighted by atomic mass is 32.1. The van der Waals surface area contributed by atoms with E-state index < -0.39 is 5.91 Å². The zero-order valence-corrected chi connectivity index (χ0v) is 8.21. The summed E-state index contributed by atoms with van der Waals surface area (Å²) < 4.78 is 6.42. The molecule has 2 aromatic rings. The highest BCUT2D eigenvalue weighted by Gasteiger charge is 2.03. The molecule has 1 heterocycles. The Morgan fingerprint density at radius 2 is 2.29 bits per heavy atom. The summed E-state index contributed by atoms with van der Waals surface area (Å²) in [6, 6.07) is 7.71. The average Bonchev–Trinajstić information content (AvgIpc) is 2.62. The third-order valence-electron chi connectivity index (χ3n) is 1.83. The van der Waals surface area contributed by atoms with Crippen LogP contribution >= 0.6 is 11.3 Å². The Morgan fingerprint density at radius 1 is 1.43 bits per heavy atom. The lowest BCUT2D eigenvalue weighted by atomic mass is 10.2. The first-order valence-corrected chi connectivity index (χ1v) is 5.02. The SMILES string of the molecule is NC(=O)COc1cccc2sccc12. The first-order chi connectivity index (χ1) is 6.77. The Hall–Kier alpha value is -1.55. The van der Waals surface area contributed by atoms with Gasteiger partial charge < -0.3 is 10.5 Å². The van der Waals surface area contributed by atoms with E-state index in [2.05, 4.69) is 0 Å². The van der Waals surface area contributed by atoms with Crippen LogP contribution in [-0.4, -0.2) is 12.5 Å². The highest BCUT2D eigenvalue weighted by molar-refractivity contribution is 7.17. The number of hydrogen-bond acceptors (Lipinski definition) is 3. The van der Waals surface area contributed by atoms with Crippen LogP contribution in [-0.2, 0) is 4.79 Å². The number of ether oxygens (including phenoxy) is 1. The topological polar surface area (TPSA) is 52.3 Å². The van der Waals surface area contributed by atoms with Gasteiger partial charge in [0.1, 0.15) is 5.75 Å². The molecule has 2 rings (SSSR count). The first kappa shape index (κ1) is 9.02. The highest BCUT2D eigenvalue weighted by Crippen LogP contribution is 2.29. The minimum Gasteiger partial charge on any atom is -0.483 e. The second-order valence-electron chi connectivity index (χ2n) is 2.84. The molecule has 0 saturated carbocycles. The third kappa shape index (κ3) is 1.70. The Labute approximate surface area is 85.1 Å². The maximum absolute atomic E-state index is 10.5. The van der Waals surface area contributed by atoms with Gasteiger partial charge in [0.2, 0.25) is 0 Å². The second kappa shape index (κ2) is 3.67. The van der Waals surface area contributed by atoms with E-state index in [0.717, 1.165) is 10.1 Å². The van der Waals surface area contributed by atoms with E-state index in [9.17, 15) is 4.79 Å². The molecule has 0 aliphatic rings. The van der Waals surface area contributed by atoms with Crippen molar-refractivity contribution in [1.29, 1.82) is 0 Å². The summed E-state index contributed by atoms with van der Waals surface area (Å²) in [5, 5.41) is 3.01. The van der Waals surface area contributed by atoms with Crippen molar-refractivity contribution in [3.05, 3.63) is 29.6 Å². The molecule has 0 bridgehead atoms. The Kier molecular flexibility index (Phi) is 2.37. The zero-order valence-electron chi connectivity index (χ0n) is 7.40. The van der Waals surface area contributed by atoms with Crippen LogP contribution in [0.25, 0.3) is 10.1 Å². The van der Waals surface area contributed by atoms with Gasteiger partial charge in [0, 0.05) is 10.1 Å². The number of carbonyl (C=O) groups is 1. The Balaban J connectivity index is 2.32. The number of primary amides is 1. The number of thiophene rings is 1. The van der Waals surface area contributed by atoms with Crippen LogP contribution in [0.1, 0.15) is 0 Å². The average molecular weight is 207 g/mol.